The number of nitrogens with zero attached hydrogens (tertiary/aromatic N) is 1. The maximum absolute atomic E-state index is 8.25. The summed E-state index contributed by atoms with van der Waals surface area (Å²) in [6.07, 6.45) is 0. The third-order valence-corrected chi connectivity index (χ3v) is 0. The molecule has 0 spiro atoms. The SMILES string of the molecule is O=[N+]([O-])[O-].[Mo].[Mo].[NH4+]. The van der Waals surface area contributed by atoms with E-state index in [0.29, 0.717) is 0 Å². The van der Waals surface area contributed by atoms with Crippen molar-refractivity contribution in [2.45, 2.75) is 0 Å². The van der Waals surface area contributed by atoms with Gasteiger partial charge in [-0.25, -0.2) is 0 Å². The van der Waals surface area contributed by atoms with E-state index in [9.17, 15) is 0 Å². The van der Waals surface area contributed by atoms with Gasteiger partial charge in [0.15, 0.2) is 0 Å². The van der Waals surface area contributed by atoms with Crippen LogP contribution in [0, 0.1) is 15.3 Å². The largest absolute Gasteiger partial charge is 0.369 e. The molecule has 0 saturated carbocycles. The molecule has 0 aromatic heterocycles. The Balaban J connectivity index is -0.0000000150. The van der Waals surface area contributed by atoms with E-state index >= 15 is 0 Å². The van der Waals surface area contributed by atoms with Crippen LogP contribution in [-0.2, 0) is 42.1 Å². The van der Waals surface area contributed by atoms with Gasteiger partial charge in [0.25, 0.3) is 0 Å². The van der Waals surface area contributed by atoms with Crippen molar-refractivity contribution in [2.24, 2.45) is 0 Å². The molecule has 0 bridgehead atoms. The number of hydrogen-bond acceptors (Lipinski definition) is 3. The van der Waals surface area contributed by atoms with Crippen molar-refractivity contribution in [2.75, 3.05) is 0 Å². The van der Waals surface area contributed by atoms with Crippen molar-refractivity contribution in [1.29, 1.82) is 0 Å². The first kappa shape index (κ1) is 25.7. The summed E-state index contributed by atoms with van der Waals surface area (Å²) >= 11 is 0. The number of quaternary nitrogens is 1. The van der Waals surface area contributed by atoms with E-state index in [1.807, 2.05) is 0 Å². The summed E-state index contributed by atoms with van der Waals surface area (Å²) in [5.41, 5.74) is 0. The van der Waals surface area contributed by atoms with Crippen molar-refractivity contribution < 1.29 is 47.2 Å². The second-order valence-electron chi connectivity index (χ2n) is 0.224. The van der Waals surface area contributed by atoms with Crippen molar-refractivity contribution in [3.8, 4) is 0 Å². The zero-order valence-electron chi connectivity index (χ0n) is 3.49. The first-order chi connectivity index (χ1) is 1.73. The maximum atomic E-state index is 8.25. The molecule has 0 radical (unpaired) electrons. The molecule has 0 amide bonds. The second kappa shape index (κ2) is 16.0. The molecule has 0 fully saturated rings. The van der Waals surface area contributed by atoms with Crippen LogP contribution in [0.5, 0.6) is 0 Å². The monoisotopic (exact) mass is 276 g/mol. The van der Waals surface area contributed by atoms with E-state index in [2.05, 4.69) is 0 Å². The molecule has 0 saturated heterocycles. The summed E-state index contributed by atoms with van der Waals surface area (Å²) < 4.78 is 0. The smallest absolute Gasteiger partial charge is 0.0689 e. The fourth-order valence-corrected chi connectivity index (χ4v) is 0. The Morgan fingerprint density at radius 1 is 1.14 bits per heavy atom. The van der Waals surface area contributed by atoms with E-state index in [1.54, 1.807) is 0 Å². The minimum absolute atomic E-state index is 0. The van der Waals surface area contributed by atoms with E-state index < -0.39 is 5.09 Å². The van der Waals surface area contributed by atoms with Crippen LogP contribution in [0.15, 0.2) is 0 Å². The molecular formula is H4Mo2N2O3. The first-order valence-electron chi connectivity index (χ1n) is 0.548. The normalized spacial score (nSPS) is 3.43. The molecule has 0 rings (SSSR count). The quantitative estimate of drug-likeness (QED) is 0.385. The minimum atomic E-state index is -1.75. The molecule has 0 aliphatic carbocycles. The van der Waals surface area contributed by atoms with Crippen LogP contribution < -0.4 is 6.15 Å². The topological polar surface area (TPSA) is 103 Å². The average molecular weight is 272 g/mol. The maximum Gasteiger partial charge on any atom is 0.0689 e. The molecule has 0 unspecified atom stereocenters. The fourth-order valence-electron chi connectivity index (χ4n) is 0. The van der Waals surface area contributed by atoms with Crippen molar-refractivity contribution in [3.63, 3.8) is 0 Å². The van der Waals surface area contributed by atoms with Crippen LogP contribution >= 0.6 is 0 Å². The first-order valence-corrected chi connectivity index (χ1v) is 0.548. The molecule has 0 aromatic carbocycles. The second-order valence-corrected chi connectivity index (χ2v) is 0.224. The van der Waals surface area contributed by atoms with Gasteiger partial charge in [-0.15, -0.1) is 0 Å². The van der Waals surface area contributed by atoms with Gasteiger partial charge in [0, 0.05) is 42.1 Å². The summed E-state index contributed by atoms with van der Waals surface area (Å²) in [5.74, 6) is 0. The Labute approximate surface area is 68.7 Å². The van der Waals surface area contributed by atoms with E-state index in [-0.39, 0.29) is 48.3 Å². The predicted octanol–water partition coefficient (Wildman–Crippen LogP) is 0.132. The van der Waals surface area contributed by atoms with Gasteiger partial charge >= 0.3 is 0 Å². The Kier molecular flexibility index (Phi) is 58.9. The van der Waals surface area contributed by atoms with Crippen molar-refractivity contribution in [3.05, 3.63) is 15.3 Å². The molecule has 4 N–H and O–H groups in total. The standard InChI is InChI=1S/2Mo.NO3.H3N/c;;2-1(3)4;/h;;;1H3/q;;-1;/p+1. The summed E-state index contributed by atoms with van der Waals surface area (Å²) in [5, 5.41) is 14.8. The van der Waals surface area contributed by atoms with E-state index in [0.717, 1.165) is 0 Å². The molecule has 7 heavy (non-hydrogen) atoms. The Morgan fingerprint density at radius 3 is 1.14 bits per heavy atom. The van der Waals surface area contributed by atoms with Gasteiger partial charge in [0.2, 0.25) is 0 Å². The van der Waals surface area contributed by atoms with Crippen LogP contribution in [0.1, 0.15) is 0 Å². The van der Waals surface area contributed by atoms with E-state index in [1.165, 1.54) is 0 Å². The summed E-state index contributed by atoms with van der Waals surface area (Å²) in [4.78, 5) is 8.25. The zero-order chi connectivity index (χ0) is 3.58. The molecule has 0 aromatic rings. The van der Waals surface area contributed by atoms with Gasteiger partial charge in [-0.3, -0.25) is 0 Å². The van der Waals surface area contributed by atoms with Gasteiger partial charge in [0.05, 0.1) is 5.09 Å². The number of hydrogen-bond donors (Lipinski definition) is 1. The third-order valence-electron chi connectivity index (χ3n) is 0. The summed E-state index contributed by atoms with van der Waals surface area (Å²) in [6, 6.07) is 0. The Bertz CT molecular complexity index is 33.9. The molecule has 0 atom stereocenters. The molecule has 0 heterocycles. The van der Waals surface area contributed by atoms with Gasteiger partial charge in [-0.05, 0) is 0 Å². The van der Waals surface area contributed by atoms with E-state index in [4.69, 9.17) is 15.3 Å². The molecule has 44 valence electrons. The van der Waals surface area contributed by atoms with Gasteiger partial charge in [-0.1, -0.05) is 0 Å². The average Bonchev–Trinajstić information content (AvgIpc) is 0.811. The minimum Gasteiger partial charge on any atom is -0.369 e. The van der Waals surface area contributed by atoms with Crippen LogP contribution in [0.4, 0.5) is 0 Å². The Hall–Kier alpha value is 0.537. The predicted molar refractivity (Wildman–Crippen MR) is 16.3 cm³/mol. The Morgan fingerprint density at radius 2 is 1.14 bits per heavy atom. The molecule has 0 aliphatic rings. The van der Waals surface area contributed by atoms with Crippen LogP contribution in [0.25, 0.3) is 0 Å². The van der Waals surface area contributed by atoms with Crippen molar-refractivity contribution in [1.82, 2.24) is 6.15 Å². The van der Waals surface area contributed by atoms with Gasteiger partial charge < -0.3 is 21.5 Å². The number of rotatable bonds is 0. The van der Waals surface area contributed by atoms with Gasteiger partial charge in [-0.2, -0.15) is 0 Å². The molecule has 5 nitrogen and oxygen atoms in total. The van der Waals surface area contributed by atoms with Crippen LogP contribution in [-0.4, -0.2) is 5.09 Å². The van der Waals surface area contributed by atoms with Crippen LogP contribution in [0.2, 0.25) is 0 Å². The van der Waals surface area contributed by atoms with Gasteiger partial charge in [0.1, 0.15) is 0 Å². The fraction of sp³-hybridized carbons (Fsp3) is 0. The summed E-state index contributed by atoms with van der Waals surface area (Å²) in [6.45, 7) is 0. The third kappa shape index (κ3) is 467. The van der Waals surface area contributed by atoms with Crippen molar-refractivity contribution >= 4 is 0 Å². The van der Waals surface area contributed by atoms with Crippen LogP contribution in [0.3, 0.4) is 0 Å². The molecule has 0 aliphatic heterocycles. The zero-order valence-corrected chi connectivity index (χ0v) is 7.50. The molecule has 7 heteroatoms. The molecular weight excluding hydrogens is 268 g/mol. The summed E-state index contributed by atoms with van der Waals surface area (Å²) in [7, 11) is 0.